The van der Waals surface area contributed by atoms with E-state index in [2.05, 4.69) is 5.32 Å². The Morgan fingerprint density at radius 1 is 1.33 bits per heavy atom. The van der Waals surface area contributed by atoms with Gasteiger partial charge in [0.2, 0.25) is 0 Å². The minimum atomic E-state index is -0.511. The first-order valence-corrected chi connectivity index (χ1v) is 8.60. The SMILES string of the molecule is COc1ccccc1OCC(O)CNCC1CCCCS1. The van der Waals surface area contributed by atoms with E-state index in [1.165, 1.54) is 25.0 Å². The van der Waals surface area contributed by atoms with Crippen molar-refractivity contribution in [2.24, 2.45) is 0 Å². The Labute approximate surface area is 131 Å². The van der Waals surface area contributed by atoms with Gasteiger partial charge in [-0.1, -0.05) is 18.6 Å². The van der Waals surface area contributed by atoms with Crippen molar-refractivity contribution in [1.82, 2.24) is 5.32 Å². The van der Waals surface area contributed by atoms with Crippen LogP contribution in [0.5, 0.6) is 11.5 Å². The van der Waals surface area contributed by atoms with Crippen LogP contribution in [0, 0.1) is 0 Å². The Kier molecular flexibility index (Phi) is 7.19. The highest BCUT2D eigenvalue weighted by Gasteiger charge is 2.14. The molecule has 0 spiro atoms. The quantitative estimate of drug-likeness (QED) is 0.771. The first-order valence-electron chi connectivity index (χ1n) is 7.56. The molecule has 1 aromatic rings. The zero-order valence-electron chi connectivity index (χ0n) is 12.6. The van der Waals surface area contributed by atoms with Crippen LogP contribution < -0.4 is 14.8 Å². The molecule has 2 rings (SSSR count). The molecule has 0 aromatic heterocycles. The molecule has 2 N–H and O–H groups in total. The molecule has 1 aromatic carbocycles. The average molecular weight is 311 g/mol. The van der Waals surface area contributed by atoms with Crippen molar-refractivity contribution in [3.63, 3.8) is 0 Å². The lowest BCUT2D eigenvalue weighted by molar-refractivity contribution is 0.105. The van der Waals surface area contributed by atoms with Crippen molar-refractivity contribution < 1.29 is 14.6 Å². The Morgan fingerprint density at radius 2 is 2.14 bits per heavy atom. The number of rotatable bonds is 8. The van der Waals surface area contributed by atoms with E-state index in [1.807, 2.05) is 36.0 Å². The molecule has 0 amide bonds. The smallest absolute Gasteiger partial charge is 0.161 e. The maximum Gasteiger partial charge on any atom is 0.161 e. The zero-order valence-corrected chi connectivity index (χ0v) is 13.4. The second-order valence-electron chi connectivity index (χ2n) is 5.26. The Hall–Kier alpha value is -0.910. The number of nitrogens with one attached hydrogen (secondary N) is 1. The summed E-state index contributed by atoms with van der Waals surface area (Å²) in [6.45, 7) is 1.80. The summed E-state index contributed by atoms with van der Waals surface area (Å²) in [6, 6.07) is 7.48. The maximum atomic E-state index is 9.97. The fraction of sp³-hybridized carbons (Fsp3) is 0.625. The number of hydrogen-bond donors (Lipinski definition) is 2. The fourth-order valence-electron chi connectivity index (χ4n) is 2.36. The monoisotopic (exact) mass is 311 g/mol. The number of aliphatic hydroxyl groups excluding tert-OH is 1. The van der Waals surface area contributed by atoms with Crippen LogP contribution in [-0.2, 0) is 0 Å². The average Bonchev–Trinajstić information content (AvgIpc) is 2.54. The summed E-state index contributed by atoms with van der Waals surface area (Å²) in [6.07, 6.45) is 3.45. The number of benzene rings is 1. The third kappa shape index (κ3) is 5.77. The van der Waals surface area contributed by atoms with Crippen LogP contribution in [0.25, 0.3) is 0 Å². The molecule has 5 heteroatoms. The first-order chi connectivity index (χ1) is 10.3. The number of aliphatic hydroxyl groups is 1. The highest BCUT2D eigenvalue weighted by molar-refractivity contribution is 7.99. The van der Waals surface area contributed by atoms with Crippen LogP contribution in [0.1, 0.15) is 19.3 Å². The van der Waals surface area contributed by atoms with Crippen LogP contribution in [0.2, 0.25) is 0 Å². The van der Waals surface area contributed by atoms with Gasteiger partial charge in [-0.2, -0.15) is 11.8 Å². The Balaban J connectivity index is 1.63. The number of methoxy groups -OCH3 is 1. The highest BCUT2D eigenvalue weighted by atomic mass is 32.2. The van der Waals surface area contributed by atoms with Crippen molar-refractivity contribution in [3.8, 4) is 11.5 Å². The lowest BCUT2D eigenvalue weighted by Crippen LogP contribution is -2.35. The van der Waals surface area contributed by atoms with Gasteiger partial charge in [-0.3, -0.25) is 0 Å². The minimum Gasteiger partial charge on any atom is -0.493 e. The number of ether oxygens (including phenoxy) is 2. The maximum absolute atomic E-state index is 9.97. The second-order valence-corrected chi connectivity index (χ2v) is 6.67. The van der Waals surface area contributed by atoms with E-state index < -0.39 is 6.10 Å². The van der Waals surface area contributed by atoms with Crippen molar-refractivity contribution in [2.45, 2.75) is 30.6 Å². The predicted octanol–water partition coefficient (Wildman–Crippen LogP) is 2.31. The summed E-state index contributed by atoms with van der Waals surface area (Å²) in [4.78, 5) is 0. The van der Waals surface area contributed by atoms with E-state index in [1.54, 1.807) is 7.11 Å². The molecule has 1 aliphatic rings. The van der Waals surface area contributed by atoms with Crippen molar-refractivity contribution in [3.05, 3.63) is 24.3 Å². The molecular formula is C16H25NO3S. The van der Waals surface area contributed by atoms with Crippen LogP contribution in [0.3, 0.4) is 0 Å². The molecule has 0 radical (unpaired) electrons. The van der Waals surface area contributed by atoms with Gasteiger partial charge < -0.3 is 19.9 Å². The van der Waals surface area contributed by atoms with Gasteiger partial charge in [0.05, 0.1) is 7.11 Å². The third-order valence-electron chi connectivity index (χ3n) is 3.53. The van der Waals surface area contributed by atoms with E-state index >= 15 is 0 Å². The van der Waals surface area contributed by atoms with Gasteiger partial charge in [0.1, 0.15) is 12.7 Å². The van der Waals surface area contributed by atoms with Crippen LogP contribution >= 0.6 is 11.8 Å². The molecule has 1 aliphatic heterocycles. The van der Waals surface area contributed by atoms with Crippen molar-refractivity contribution in [2.75, 3.05) is 32.6 Å². The second kappa shape index (κ2) is 9.18. The highest BCUT2D eigenvalue weighted by Crippen LogP contribution is 2.26. The molecule has 4 nitrogen and oxygen atoms in total. The van der Waals surface area contributed by atoms with Crippen LogP contribution in [0.15, 0.2) is 24.3 Å². The number of para-hydroxylation sites is 2. The zero-order chi connectivity index (χ0) is 14.9. The fourth-order valence-corrected chi connectivity index (χ4v) is 3.64. The molecule has 21 heavy (non-hydrogen) atoms. The molecule has 2 atom stereocenters. The summed E-state index contributed by atoms with van der Waals surface area (Å²) in [5.41, 5.74) is 0. The van der Waals surface area contributed by atoms with Crippen molar-refractivity contribution in [1.29, 1.82) is 0 Å². The van der Waals surface area contributed by atoms with Crippen LogP contribution in [0.4, 0.5) is 0 Å². The summed E-state index contributed by atoms with van der Waals surface area (Å²) >= 11 is 2.04. The van der Waals surface area contributed by atoms with E-state index in [0.717, 1.165) is 6.54 Å². The van der Waals surface area contributed by atoms with E-state index in [4.69, 9.17) is 9.47 Å². The molecule has 0 bridgehead atoms. The molecule has 1 fully saturated rings. The summed E-state index contributed by atoms with van der Waals surface area (Å²) in [5.74, 6) is 2.63. The summed E-state index contributed by atoms with van der Waals surface area (Å²) in [5, 5.41) is 14.0. The Bertz CT molecular complexity index is 410. The van der Waals surface area contributed by atoms with Gasteiger partial charge in [0.25, 0.3) is 0 Å². The third-order valence-corrected chi connectivity index (χ3v) is 4.92. The molecule has 1 heterocycles. The van der Waals surface area contributed by atoms with Gasteiger partial charge in [-0.25, -0.2) is 0 Å². The van der Waals surface area contributed by atoms with E-state index in [-0.39, 0.29) is 6.61 Å². The largest absolute Gasteiger partial charge is 0.493 e. The van der Waals surface area contributed by atoms with Gasteiger partial charge in [-0.15, -0.1) is 0 Å². The molecule has 1 saturated heterocycles. The van der Waals surface area contributed by atoms with Crippen LogP contribution in [-0.4, -0.2) is 49.0 Å². The topological polar surface area (TPSA) is 50.7 Å². The molecule has 0 saturated carbocycles. The van der Waals surface area contributed by atoms with Crippen molar-refractivity contribution >= 4 is 11.8 Å². The molecule has 0 aliphatic carbocycles. The Morgan fingerprint density at radius 3 is 2.86 bits per heavy atom. The summed E-state index contributed by atoms with van der Waals surface area (Å²) < 4.78 is 10.8. The van der Waals surface area contributed by atoms with Gasteiger partial charge in [0, 0.05) is 18.3 Å². The van der Waals surface area contributed by atoms with Gasteiger partial charge in [-0.05, 0) is 30.7 Å². The number of thioether (sulfide) groups is 1. The first kappa shape index (κ1) is 16.5. The molecule has 118 valence electrons. The summed E-state index contributed by atoms with van der Waals surface area (Å²) in [7, 11) is 1.61. The van der Waals surface area contributed by atoms with Gasteiger partial charge >= 0.3 is 0 Å². The molecular weight excluding hydrogens is 286 g/mol. The number of hydrogen-bond acceptors (Lipinski definition) is 5. The minimum absolute atomic E-state index is 0.269. The molecule has 2 unspecified atom stereocenters. The lowest BCUT2D eigenvalue weighted by atomic mass is 10.2. The van der Waals surface area contributed by atoms with E-state index in [9.17, 15) is 5.11 Å². The van der Waals surface area contributed by atoms with Gasteiger partial charge in [0.15, 0.2) is 11.5 Å². The van der Waals surface area contributed by atoms with E-state index in [0.29, 0.717) is 23.3 Å². The standard InChI is InChI=1S/C16H25NO3S/c1-19-15-7-2-3-8-16(15)20-12-13(18)10-17-11-14-6-4-5-9-21-14/h2-3,7-8,13-14,17-18H,4-6,9-12H2,1H3. The normalized spacial score (nSPS) is 20.0. The lowest BCUT2D eigenvalue weighted by Gasteiger charge is -2.22. The predicted molar refractivity (Wildman–Crippen MR) is 87.5 cm³/mol.